The van der Waals surface area contributed by atoms with Gasteiger partial charge in [0.05, 0.1) is 0 Å². The predicted molar refractivity (Wildman–Crippen MR) is 33.1 cm³/mol. The van der Waals surface area contributed by atoms with Crippen LogP contribution in [0.5, 0.6) is 0 Å². The molecular formula is C6H11IMg. The van der Waals surface area contributed by atoms with Crippen molar-refractivity contribution in [2.24, 2.45) is 0 Å². The van der Waals surface area contributed by atoms with Crippen molar-refractivity contribution in [3.63, 3.8) is 0 Å². The van der Waals surface area contributed by atoms with Crippen molar-refractivity contribution in [2.45, 2.75) is 32.1 Å². The standard InChI is InChI=1S/C6H11.HI.Mg/c1-2-4-6-5-3-1;;/h1H,2-6H2;1H;/q-1;;+2/p-1. The Balaban J connectivity index is 0. The van der Waals surface area contributed by atoms with Gasteiger partial charge in [0.15, 0.2) is 0 Å². The van der Waals surface area contributed by atoms with Crippen molar-refractivity contribution in [3.05, 3.63) is 6.42 Å². The second-order valence-electron chi connectivity index (χ2n) is 1.93. The van der Waals surface area contributed by atoms with E-state index in [-0.39, 0.29) is 47.0 Å². The number of hydrogen-bond donors (Lipinski definition) is 0. The molecule has 0 saturated heterocycles. The van der Waals surface area contributed by atoms with E-state index in [1.807, 2.05) is 0 Å². The fourth-order valence-electron chi connectivity index (χ4n) is 0.898. The van der Waals surface area contributed by atoms with Crippen LogP contribution in [-0.4, -0.2) is 23.1 Å². The molecule has 0 nitrogen and oxygen atoms in total. The van der Waals surface area contributed by atoms with Gasteiger partial charge in [-0.1, -0.05) is 19.3 Å². The van der Waals surface area contributed by atoms with Gasteiger partial charge in [-0.25, -0.2) is 0 Å². The summed E-state index contributed by atoms with van der Waals surface area (Å²) >= 11 is 0. The van der Waals surface area contributed by atoms with Crippen LogP contribution >= 0.6 is 0 Å². The van der Waals surface area contributed by atoms with Gasteiger partial charge in [0.1, 0.15) is 0 Å². The van der Waals surface area contributed by atoms with Gasteiger partial charge in [-0.3, -0.25) is 0 Å². The summed E-state index contributed by atoms with van der Waals surface area (Å²) in [7, 11) is 0. The summed E-state index contributed by atoms with van der Waals surface area (Å²) in [4.78, 5) is 0. The molecule has 1 rings (SSSR count). The van der Waals surface area contributed by atoms with Gasteiger partial charge in [0.2, 0.25) is 0 Å². The summed E-state index contributed by atoms with van der Waals surface area (Å²) in [6.45, 7) is 0. The quantitative estimate of drug-likeness (QED) is 0.280. The Morgan fingerprint density at radius 3 is 1.50 bits per heavy atom. The molecule has 44 valence electrons. The maximum Gasteiger partial charge on any atom is 2.00 e. The molecule has 1 saturated carbocycles. The first-order chi connectivity index (χ1) is 3.00. The van der Waals surface area contributed by atoms with Crippen molar-refractivity contribution in [2.75, 3.05) is 0 Å². The van der Waals surface area contributed by atoms with E-state index in [9.17, 15) is 0 Å². The smallest absolute Gasteiger partial charge is 1.00 e. The fourth-order valence-corrected chi connectivity index (χ4v) is 0.898. The van der Waals surface area contributed by atoms with Gasteiger partial charge in [-0.05, 0) is 0 Å². The maximum absolute atomic E-state index is 2.39. The van der Waals surface area contributed by atoms with E-state index in [0.29, 0.717) is 0 Å². The Morgan fingerprint density at radius 1 is 0.875 bits per heavy atom. The zero-order valence-electron chi connectivity index (χ0n) is 5.20. The van der Waals surface area contributed by atoms with Crippen molar-refractivity contribution in [1.82, 2.24) is 0 Å². The van der Waals surface area contributed by atoms with Crippen LogP contribution in [0, 0.1) is 6.42 Å². The topological polar surface area (TPSA) is 0 Å². The molecule has 0 aliphatic heterocycles. The van der Waals surface area contributed by atoms with Gasteiger partial charge < -0.3 is 30.4 Å². The normalized spacial score (nSPS) is 18.0. The molecule has 2 heteroatoms. The molecule has 0 heterocycles. The second kappa shape index (κ2) is 8.50. The predicted octanol–water partition coefficient (Wildman–Crippen LogP) is -1.22. The Bertz CT molecular complexity index is 24.0. The summed E-state index contributed by atoms with van der Waals surface area (Å²) in [5, 5.41) is 0. The van der Waals surface area contributed by atoms with E-state index in [4.69, 9.17) is 0 Å². The molecule has 0 aromatic carbocycles. The van der Waals surface area contributed by atoms with Crippen LogP contribution in [-0.2, 0) is 0 Å². The van der Waals surface area contributed by atoms with Crippen LogP contribution in [0.15, 0.2) is 0 Å². The SMILES string of the molecule is [CH-]1CCCCC1.[I-].[Mg+2]. The van der Waals surface area contributed by atoms with Crippen molar-refractivity contribution < 1.29 is 24.0 Å². The molecule has 1 fully saturated rings. The molecule has 0 bridgehead atoms. The molecule has 1 aliphatic carbocycles. The van der Waals surface area contributed by atoms with Crippen molar-refractivity contribution in [3.8, 4) is 0 Å². The third-order valence-electron chi connectivity index (χ3n) is 1.32. The number of halogens is 1. The first-order valence-electron chi connectivity index (χ1n) is 2.82. The minimum Gasteiger partial charge on any atom is -1.00 e. The van der Waals surface area contributed by atoms with E-state index in [0.717, 1.165) is 0 Å². The first-order valence-corrected chi connectivity index (χ1v) is 2.82. The first kappa shape index (κ1) is 12.2. The van der Waals surface area contributed by atoms with Gasteiger partial charge >= 0.3 is 23.1 Å². The van der Waals surface area contributed by atoms with Gasteiger partial charge in [0, 0.05) is 0 Å². The molecule has 0 amide bonds. The third kappa shape index (κ3) is 5.63. The Kier molecular flexibility index (Phi) is 13.0. The number of hydrogen-bond acceptors (Lipinski definition) is 0. The Morgan fingerprint density at radius 2 is 1.38 bits per heavy atom. The summed E-state index contributed by atoms with van der Waals surface area (Å²) in [6.07, 6.45) is 9.50. The Hall–Kier alpha value is 1.50. The maximum atomic E-state index is 2.39. The summed E-state index contributed by atoms with van der Waals surface area (Å²) in [6, 6.07) is 0. The zero-order chi connectivity index (χ0) is 4.24. The van der Waals surface area contributed by atoms with E-state index in [2.05, 4.69) is 6.42 Å². The van der Waals surface area contributed by atoms with Crippen molar-refractivity contribution >= 4 is 23.1 Å². The summed E-state index contributed by atoms with van der Waals surface area (Å²) < 4.78 is 0. The van der Waals surface area contributed by atoms with Crippen LogP contribution in [0.4, 0.5) is 0 Å². The molecule has 1 aliphatic rings. The molecule has 0 atom stereocenters. The van der Waals surface area contributed by atoms with Crippen LogP contribution in [0.3, 0.4) is 0 Å². The van der Waals surface area contributed by atoms with Gasteiger partial charge in [-0.15, -0.1) is 0 Å². The molecule has 0 N–H and O–H groups in total. The van der Waals surface area contributed by atoms with Crippen LogP contribution in [0.25, 0.3) is 0 Å². The van der Waals surface area contributed by atoms with Gasteiger partial charge in [0.25, 0.3) is 0 Å². The fraction of sp³-hybridized carbons (Fsp3) is 0.833. The summed E-state index contributed by atoms with van der Waals surface area (Å²) in [5.41, 5.74) is 0. The Labute approximate surface area is 85.0 Å². The molecule has 0 aromatic rings. The van der Waals surface area contributed by atoms with E-state index < -0.39 is 0 Å². The average molecular weight is 234 g/mol. The summed E-state index contributed by atoms with van der Waals surface area (Å²) in [5.74, 6) is 0. The molecule has 0 spiro atoms. The molecule has 8 heavy (non-hydrogen) atoms. The van der Waals surface area contributed by atoms with E-state index >= 15 is 0 Å². The molecule has 0 radical (unpaired) electrons. The van der Waals surface area contributed by atoms with Gasteiger partial charge in [-0.2, -0.15) is 12.8 Å². The molecular weight excluding hydrogens is 223 g/mol. The number of rotatable bonds is 0. The molecule has 0 unspecified atom stereocenters. The average Bonchev–Trinajstić information content (AvgIpc) is 1.72. The van der Waals surface area contributed by atoms with E-state index in [1.165, 1.54) is 32.1 Å². The zero-order valence-corrected chi connectivity index (χ0v) is 8.77. The van der Waals surface area contributed by atoms with Crippen molar-refractivity contribution in [1.29, 1.82) is 0 Å². The molecule has 0 aromatic heterocycles. The van der Waals surface area contributed by atoms with Crippen LogP contribution in [0.2, 0.25) is 0 Å². The largest absolute Gasteiger partial charge is 2.00 e. The van der Waals surface area contributed by atoms with Crippen LogP contribution < -0.4 is 24.0 Å². The monoisotopic (exact) mass is 234 g/mol. The minimum atomic E-state index is 0. The third-order valence-corrected chi connectivity index (χ3v) is 1.32. The van der Waals surface area contributed by atoms with E-state index in [1.54, 1.807) is 0 Å². The minimum absolute atomic E-state index is 0. The second-order valence-corrected chi connectivity index (χ2v) is 1.93. The van der Waals surface area contributed by atoms with Crippen LogP contribution in [0.1, 0.15) is 32.1 Å².